The normalized spacial score (nSPS) is 12.4. The maximum Gasteiger partial charge on any atom is 0.0431 e. The summed E-state index contributed by atoms with van der Waals surface area (Å²) in [5.41, 5.74) is 2.32. The van der Waals surface area contributed by atoms with Crippen LogP contribution < -0.4 is 0 Å². The molecule has 1 atom stereocenters. The molecule has 1 rings (SSSR count). The van der Waals surface area contributed by atoms with Crippen LogP contribution >= 0.6 is 0 Å². The Bertz CT molecular complexity index is 309. The van der Waals surface area contributed by atoms with Crippen molar-refractivity contribution in [2.75, 3.05) is 6.61 Å². The number of allylic oxidation sites excluding steroid dienone is 1. The van der Waals surface area contributed by atoms with Crippen molar-refractivity contribution in [3.63, 3.8) is 0 Å². The summed E-state index contributed by atoms with van der Waals surface area (Å²) < 4.78 is 0. The van der Waals surface area contributed by atoms with E-state index < -0.39 is 0 Å². The Morgan fingerprint density at radius 3 is 2.93 bits per heavy atom. The van der Waals surface area contributed by atoms with Gasteiger partial charge in [-0.15, -0.1) is 6.58 Å². The second-order valence-corrected chi connectivity index (χ2v) is 3.79. The lowest BCUT2D eigenvalue weighted by Gasteiger charge is -2.12. The minimum Gasteiger partial charge on any atom is -0.396 e. The first-order chi connectivity index (χ1) is 7.27. The summed E-state index contributed by atoms with van der Waals surface area (Å²) in [5.74, 6) is 0.387. The predicted octanol–water partition coefficient (Wildman–Crippen LogP) is 2.82. The largest absolute Gasteiger partial charge is 0.396 e. The van der Waals surface area contributed by atoms with E-state index >= 15 is 0 Å². The Morgan fingerprint density at radius 1 is 1.53 bits per heavy atom. The van der Waals surface area contributed by atoms with Crippen LogP contribution in [0.4, 0.5) is 0 Å². The van der Waals surface area contributed by atoms with E-state index in [0.717, 1.165) is 25.0 Å². The van der Waals surface area contributed by atoms with Crippen LogP contribution in [0, 0.1) is 6.92 Å². The molecule has 0 fully saturated rings. The summed E-state index contributed by atoms with van der Waals surface area (Å²) in [7, 11) is 0. The molecule has 2 nitrogen and oxygen atoms in total. The number of nitrogens with zero attached hydrogens (tertiary/aromatic N) is 1. The highest BCUT2D eigenvalue weighted by Gasteiger charge is 2.07. The number of rotatable bonds is 6. The lowest BCUT2D eigenvalue weighted by molar-refractivity contribution is 0.282. The Kier molecular flexibility index (Phi) is 5.05. The van der Waals surface area contributed by atoms with Crippen molar-refractivity contribution in [1.29, 1.82) is 0 Å². The molecule has 15 heavy (non-hydrogen) atoms. The van der Waals surface area contributed by atoms with E-state index in [2.05, 4.69) is 17.6 Å². The molecule has 0 aliphatic rings. The van der Waals surface area contributed by atoms with Crippen molar-refractivity contribution in [2.45, 2.75) is 32.1 Å². The average molecular weight is 205 g/mol. The van der Waals surface area contributed by atoms with Gasteiger partial charge in [-0.25, -0.2) is 0 Å². The van der Waals surface area contributed by atoms with Gasteiger partial charge >= 0.3 is 0 Å². The molecule has 0 bridgehead atoms. The second-order valence-electron chi connectivity index (χ2n) is 3.79. The molecule has 0 saturated carbocycles. The van der Waals surface area contributed by atoms with Crippen LogP contribution in [0.15, 0.2) is 31.0 Å². The maximum atomic E-state index is 8.73. The second kappa shape index (κ2) is 6.36. The van der Waals surface area contributed by atoms with Crippen molar-refractivity contribution in [2.24, 2.45) is 0 Å². The van der Waals surface area contributed by atoms with Gasteiger partial charge in [-0.05, 0) is 37.5 Å². The van der Waals surface area contributed by atoms with Crippen LogP contribution in [0.25, 0.3) is 0 Å². The van der Waals surface area contributed by atoms with Gasteiger partial charge in [-0.2, -0.15) is 0 Å². The number of aryl methyl sites for hydroxylation is 1. The van der Waals surface area contributed by atoms with Gasteiger partial charge in [0.05, 0.1) is 0 Å². The van der Waals surface area contributed by atoms with Gasteiger partial charge in [-0.3, -0.25) is 4.98 Å². The smallest absolute Gasteiger partial charge is 0.0431 e. The first-order valence-corrected chi connectivity index (χ1v) is 5.44. The maximum absolute atomic E-state index is 8.73. The number of unbranched alkanes of at least 4 members (excludes halogenated alkanes) is 1. The third-order valence-electron chi connectivity index (χ3n) is 2.56. The van der Waals surface area contributed by atoms with E-state index in [-0.39, 0.29) is 6.61 Å². The summed E-state index contributed by atoms with van der Waals surface area (Å²) in [4.78, 5) is 4.18. The molecule has 82 valence electrons. The summed E-state index contributed by atoms with van der Waals surface area (Å²) in [6, 6.07) is 4.14. The van der Waals surface area contributed by atoms with Crippen LogP contribution in [0.1, 0.15) is 36.4 Å². The quantitative estimate of drug-likeness (QED) is 0.572. The number of aliphatic hydroxyl groups is 1. The van der Waals surface area contributed by atoms with E-state index in [1.807, 2.05) is 25.3 Å². The van der Waals surface area contributed by atoms with Crippen LogP contribution in [0.5, 0.6) is 0 Å². The van der Waals surface area contributed by atoms with Crippen LogP contribution in [-0.4, -0.2) is 16.7 Å². The van der Waals surface area contributed by atoms with Crippen molar-refractivity contribution in [3.05, 3.63) is 42.2 Å². The first-order valence-electron chi connectivity index (χ1n) is 5.44. The summed E-state index contributed by atoms with van der Waals surface area (Å²) in [6.07, 6.45) is 6.77. The summed E-state index contributed by atoms with van der Waals surface area (Å²) >= 11 is 0. The van der Waals surface area contributed by atoms with E-state index in [0.29, 0.717) is 5.92 Å². The lowest BCUT2D eigenvalue weighted by atomic mass is 9.94. The molecule has 0 spiro atoms. The van der Waals surface area contributed by atoms with Crippen LogP contribution in [0.2, 0.25) is 0 Å². The molecule has 0 aliphatic heterocycles. The van der Waals surface area contributed by atoms with Gasteiger partial charge < -0.3 is 5.11 Å². The molecule has 1 N–H and O–H groups in total. The van der Waals surface area contributed by atoms with Gasteiger partial charge in [0.2, 0.25) is 0 Å². The van der Waals surface area contributed by atoms with Crippen LogP contribution in [-0.2, 0) is 0 Å². The molecule has 0 aliphatic carbocycles. The van der Waals surface area contributed by atoms with Gasteiger partial charge in [-0.1, -0.05) is 12.5 Å². The molecule has 1 heterocycles. The van der Waals surface area contributed by atoms with Crippen molar-refractivity contribution < 1.29 is 5.11 Å². The fraction of sp³-hybridized carbons (Fsp3) is 0.462. The number of aromatic nitrogens is 1. The minimum atomic E-state index is 0.277. The number of pyridine rings is 1. The first kappa shape index (κ1) is 11.9. The van der Waals surface area contributed by atoms with E-state index in [1.165, 1.54) is 5.56 Å². The minimum absolute atomic E-state index is 0.277. The molecular weight excluding hydrogens is 186 g/mol. The van der Waals surface area contributed by atoms with E-state index in [9.17, 15) is 0 Å². The molecule has 1 aromatic heterocycles. The van der Waals surface area contributed by atoms with Crippen molar-refractivity contribution >= 4 is 0 Å². The molecule has 0 saturated heterocycles. The third kappa shape index (κ3) is 3.84. The summed E-state index contributed by atoms with van der Waals surface area (Å²) in [5, 5.41) is 8.73. The topological polar surface area (TPSA) is 33.1 Å². The lowest BCUT2D eigenvalue weighted by Crippen LogP contribution is -1.97. The van der Waals surface area contributed by atoms with E-state index in [4.69, 9.17) is 5.11 Å². The zero-order chi connectivity index (χ0) is 11.1. The average Bonchev–Trinajstić information content (AvgIpc) is 2.24. The van der Waals surface area contributed by atoms with E-state index in [1.54, 1.807) is 0 Å². The standard InChI is InChI=1S/C13H19NO/c1-3-12(6-4-5-9-15)13-7-8-14-11(2)10-13/h3,7-8,10,12,15H,1,4-6,9H2,2H3. The Morgan fingerprint density at radius 2 is 2.33 bits per heavy atom. The molecule has 1 aromatic rings. The molecular formula is C13H19NO. The van der Waals surface area contributed by atoms with Crippen LogP contribution in [0.3, 0.4) is 0 Å². The Labute approximate surface area is 91.7 Å². The molecule has 0 radical (unpaired) electrons. The molecule has 1 unspecified atom stereocenters. The molecule has 0 aromatic carbocycles. The third-order valence-corrected chi connectivity index (χ3v) is 2.56. The number of hydrogen-bond donors (Lipinski definition) is 1. The number of hydrogen-bond acceptors (Lipinski definition) is 2. The highest BCUT2D eigenvalue weighted by Crippen LogP contribution is 2.22. The SMILES string of the molecule is C=CC(CCCCO)c1ccnc(C)c1. The monoisotopic (exact) mass is 205 g/mol. The fourth-order valence-electron chi connectivity index (χ4n) is 1.69. The fourth-order valence-corrected chi connectivity index (χ4v) is 1.69. The highest BCUT2D eigenvalue weighted by molar-refractivity contribution is 5.23. The summed E-state index contributed by atoms with van der Waals surface area (Å²) in [6.45, 7) is 6.14. The Balaban J connectivity index is 2.61. The van der Waals surface area contributed by atoms with Gasteiger partial charge in [0, 0.05) is 24.4 Å². The Hall–Kier alpha value is -1.15. The van der Waals surface area contributed by atoms with Crippen molar-refractivity contribution in [1.82, 2.24) is 4.98 Å². The molecule has 2 heteroatoms. The molecule has 0 amide bonds. The van der Waals surface area contributed by atoms with Crippen molar-refractivity contribution in [3.8, 4) is 0 Å². The van der Waals surface area contributed by atoms with Gasteiger partial charge in [0.1, 0.15) is 0 Å². The van der Waals surface area contributed by atoms with Gasteiger partial charge in [0.25, 0.3) is 0 Å². The van der Waals surface area contributed by atoms with Gasteiger partial charge in [0.15, 0.2) is 0 Å². The zero-order valence-electron chi connectivity index (χ0n) is 9.32. The predicted molar refractivity (Wildman–Crippen MR) is 62.8 cm³/mol. The number of aliphatic hydroxyl groups excluding tert-OH is 1. The zero-order valence-corrected chi connectivity index (χ0v) is 9.32. The highest BCUT2D eigenvalue weighted by atomic mass is 16.2.